The van der Waals surface area contributed by atoms with Crippen LogP contribution in [0.15, 0.2) is 0 Å². The Labute approximate surface area is 118 Å². The maximum atomic E-state index is 11.2. The van der Waals surface area contributed by atoms with Gasteiger partial charge in [-0.2, -0.15) is 0 Å². The third-order valence-electron chi connectivity index (χ3n) is 3.00. The lowest BCUT2D eigenvalue weighted by Crippen LogP contribution is -2.60. The third-order valence-corrected chi connectivity index (χ3v) is 3.00. The number of carbonyl (C=O) groups is 2. The van der Waals surface area contributed by atoms with Gasteiger partial charge in [-0.1, -0.05) is 6.42 Å². The Morgan fingerprint density at radius 3 is 2.25 bits per heavy atom. The first-order valence-corrected chi connectivity index (χ1v) is 6.78. The van der Waals surface area contributed by atoms with E-state index in [1.807, 2.05) is 0 Å². The molecule has 0 fully saturated rings. The maximum absolute atomic E-state index is 11.2. The van der Waals surface area contributed by atoms with Crippen molar-refractivity contribution in [3.8, 4) is 0 Å². The van der Waals surface area contributed by atoms with E-state index in [0.29, 0.717) is 38.6 Å². The quantitative estimate of drug-likeness (QED) is 0.204. The zero-order valence-corrected chi connectivity index (χ0v) is 11.7. The lowest BCUT2D eigenvalue weighted by molar-refractivity contribution is -0.145. The van der Waals surface area contributed by atoms with Gasteiger partial charge in [0, 0.05) is 6.42 Å². The SMILES string of the molecule is NC(N)CCC[C@](N)(NCCCCCC(=O)O)C(=O)O. The first-order valence-electron chi connectivity index (χ1n) is 6.78. The number of rotatable bonds is 12. The molecule has 20 heavy (non-hydrogen) atoms. The van der Waals surface area contributed by atoms with Crippen LogP contribution in [0.1, 0.15) is 44.9 Å². The summed E-state index contributed by atoms with van der Waals surface area (Å²) in [6, 6.07) is 0. The number of hydrogen-bond donors (Lipinski definition) is 6. The summed E-state index contributed by atoms with van der Waals surface area (Å²) in [5, 5.41) is 20.4. The maximum Gasteiger partial charge on any atom is 0.338 e. The summed E-state index contributed by atoms with van der Waals surface area (Å²) in [5.41, 5.74) is 15.1. The van der Waals surface area contributed by atoms with Crippen LogP contribution in [0.4, 0.5) is 0 Å². The molecule has 1 atom stereocenters. The zero-order valence-electron chi connectivity index (χ0n) is 11.7. The molecule has 118 valence electrons. The van der Waals surface area contributed by atoms with Gasteiger partial charge < -0.3 is 27.4 Å². The van der Waals surface area contributed by atoms with E-state index in [0.717, 1.165) is 0 Å². The van der Waals surface area contributed by atoms with E-state index >= 15 is 0 Å². The van der Waals surface area contributed by atoms with Crippen LogP contribution >= 0.6 is 0 Å². The summed E-state index contributed by atoms with van der Waals surface area (Å²) in [7, 11) is 0. The van der Waals surface area contributed by atoms with Crippen molar-refractivity contribution in [2.45, 2.75) is 56.8 Å². The zero-order chi connectivity index (χ0) is 15.6. The second kappa shape index (κ2) is 9.65. The van der Waals surface area contributed by atoms with Gasteiger partial charge in [0.05, 0.1) is 6.17 Å². The molecule has 0 heterocycles. The Kier molecular flexibility index (Phi) is 9.06. The van der Waals surface area contributed by atoms with Gasteiger partial charge in [0.1, 0.15) is 0 Å². The van der Waals surface area contributed by atoms with E-state index in [-0.39, 0.29) is 12.8 Å². The van der Waals surface area contributed by atoms with E-state index in [1.165, 1.54) is 0 Å². The van der Waals surface area contributed by atoms with E-state index in [1.54, 1.807) is 0 Å². The standard InChI is InChI=1S/C12H26N4O4/c13-9(14)5-4-7-12(15,11(19)20)16-8-3-1-2-6-10(17)18/h9,16H,1-8,13-15H2,(H,17,18)(H,19,20)/t12-/m0/s1. The molecule has 8 nitrogen and oxygen atoms in total. The van der Waals surface area contributed by atoms with Gasteiger partial charge in [-0.25, -0.2) is 4.79 Å². The first kappa shape index (κ1) is 18.8. The minimum atomic E-state index is -1.48. The predicted molar refractivity (Wildman–Crippen MR) is 74.7 cm³/mol. The molecule has 0 aliphatic rings. The Morgan fingerprint density at radius 1 is 1.10 bits per heavy atom. The van der Waals surface area contributed by atoms with E-state index in [4.69, 9.17) is 27.4 Å². The largest absolute Gasteiger partial charge is 0.481 e. The van der Waals surface area contributed by atoms with Crippen molar-refractivity contribution in [1.29, 1.82) is 0 Å². The number of nitrogens with one attached hydrogen (secondary N) is 1. The highest BCUT2D eigenvalue weighted by Gasteiger charge is 2.32. The number of carboxylic acid groups (broad SMARTS) is 2. The van der Waals surface area contributed by atoms with Gasteiger partial charge in [0.2, 0.25) is 0 Å². The molecule has 0 aromatic heterocycles. The van der Waals surface area contributed by atoms with Crippen LogP contribution in [0.25, 0.3) is 0 Å². The Hall–Kier alpha value is -1.22. The molecule has 8 heteroatoms. The molecule has 0 aliphatic heterocycles. The normalized spacial score (nSPS) is 14.2. The molecule has 0 bridgehead atoms. The summed E-state index contributed by atoms with van der Waals surface area (Å²) < 4.78 is 0. The third kappa shape index (κ3) is 8.81. The molecule has 9 N–H and O–H groups in total. The smallest absolute Gasteiger partial charge is 0.338 e. The lowest BCUT2D eigenvalue weighted by atomic mass is 10.0. The molecule has 0 rings (SSSR count). The minimum absolute atomic E-state index is 0.126. The molecule has 0 amide bonds. The van der Waals surface area contributed by atoms with Crippen molar-refractivity contribution >= 4 is 11.9 Å². The fourth-order valence-electron chi connectivity index (χ4n) is 1.78. The summed E-state index contributed by atoms with van der Waals surface area (Å²) in [6.45, 7) is 0.428. The molecular weight excluding hydrogens is 264 g/mol. The topological polar surface area (TPSA) is 165 Å². The van der Waals surface area contributed by atoms with Crippen LogP contribution in [0.2, 0.25) is 0 Å². The molecule has 0 saturated heterocycles. The van der Waals surface area contributed by atoms with Crippen LogP contribution in [0, 0.1) is 0 Å². The van der Waals surface area contributed by atoms with Crippen molar-refractivity contribution in [1.82, 2.24) is 5.32 Å². The highest BCUT2D eigenvalue weighted by Crippen LogP contribution is 2.10. The molecule has 0 aromatic rings. The number of aliphatic carboxylic acids is 2. The van der Waals surface area contributed by atoms with Gasteiger partial charge in [-0.05, 0) is 38.6 Å². The van der Waals surface area contributed by atoms with E-state index in [2.05, 4.69) is 5.32 Å². The predicted octanol–water partition coefficient (Wildman–Crippen LogP) is -0.626. The monoisotopic (exact) mass is 290 g/mol. The Balaban J connectivity index is 3.94. The number of nitrogens with two attached hydrogens (primary N) is 3. The molecule has 0 radical (unpaired) electrons. The summed E-state index contributed by atoms with van der Waals surface area (Å²) in [6.07, 6.45) is 2.88. The van der Waals surface area contributed by atoms with Crippen molar-refractivity contribution in [2.75, 3.05) is 6.54 Å². The average Bonchev–Trinajstić information content (AvgIpc) is 2.32. The number of hydrogen-bond acceptors (Lipinski definition) is 6. The second-order valence-electron chi connectivity index (χ2n) is 4.96. The Bertz CT molecular complexity index is 312. The molecule has 0 spiro atoms. The van der Waals surface area contributed by atoms with Gasteiger partial charge in [-0.3, -0.25) is 10.1 Å². The Morgan fingerprint density at radius 2 is 1.75 bits per heavy atom. The number of unbranched alkanes of at least 4 members (excludes halogenated alkanes) is 2. The first-order chi connectivity index (χ1) is 9.28. The highest BCUT2D eigenvalue weighted by molar-refractivity contribution is 5.77. The average molecular weight is 290 g/mol. The highest BCUT2D eigenvalue weighted by atomic mass is 16.4. The van der Waals surface area contributed by atoms with Gasteiger partial charge in [0.15, 0.2) is 5.66 Å². The molecular formula is C12H26N4O4. The summed E-state index contributed by atoms with van der Waals surface area (Å²) >= 11 is 0. The van der Waals surface area contributed by atoms with Gasteiger partial charge in [-0.15, -0.1) is 0 Å². The lowest BCUT2D eigenvalue weighted by Gasteiger charge is -2.26. The number of carboxylic acids is 2. The fourth-order valence-corrected chi connectivity index (χ4v) is 1.78. The summed E-state index contributed by atoms with van der Waals surface area (Å²) in [5.74, 6) is -1.94. The van der Waals surface area contributed by atoms with Crippen molar-refractivity contribution in [3.05, 3.63) is 0 Å². The van der Waals surface area contributed by atoms with Gasteiger partial charge in [0.25, 0.3) is 0 Å². The molecule has 0 saturated carbocycles. The van der Waals surface area contributed by atoms with Crippen LogP contribution in [-0.2, 0) is 9.59 Å². The summed E-state index contributed by atoms with van der Waals surface area (Å²) in [4.78, 5) is 21.5. The van der Waals surface area contributed by atoms with Crippen LogP contribution in [-0.4, -0.2) is 40.5 Å². The van der Waals surface area contributed by atoms with Crippen molar-refractivity contribution in [3.63, 3.8) is 0 Å². The molecule has 0 unspecified atom stereocenters. The van der Waals surface area contributed by atoms with Crippen LogP contribution in [0.3, 0.4) is 0 Å². The fraction of sp³-hybridized carbons (Fsp3) is 0.833. The second-order valence-corrected chi connectivity index (χ2v) is 4.96. The van der Waals surface area contributed by atoms with Crippen LogP contribution in [0.5, 0.6) is 0 Å². The van der Waals surface area contributed by atoms with E-state index in [9.17, 15) is 9.59 Å². The van der Waals surface area contributed by atoms with Crippen LogP contribution < -0.4 is 22.5 Å². The van der Waals surface area contributed by atoms with Gasteiger partial charge >= 0.3 is 11.9 Å². The van der Waals surface area contributed by atoms with Crippen molar-refractivity contribution < 1.29 is 19.8 Å². The molecule has 0 aromatic carbocycles. The minimum Gasteiger partial charge on any atom is -0.481 e. The van der Waals surface area contributed by atoms with E-state index < -0.39 is 23.8 Å². The van der Waals surface area contributed by atoms with Crippen molar-refractivity contribution in [2.24, 2.45) is 17.2 Å². The molecule has 0 aliphatic carbocycles.